The number of ether oxygens (including phenoxy) is 6. The molecule has 5 unspecified atom stereocenters. The third-order valence-electron chi connectivity index (χ3n) is 12.6. The predicted octanol–water partition coefficient (Wildman–Crippen LogP) is 9.35. The number of aliphatic hydroxyl groups excluding tert-OH is 3. The highest BCUT2D eigenvalue weighted by Crippen LogP contribution is 2.50. The molecule has 0 heterocycles. The van der Waals surface area contributed by atoms with Crippen LogP contribution in [-0.4, -0.2) is 91.2 Å². The van der Waals surface area contributed by atoms with Gasteiger partial charge in [0.15, 0.2) is 0 Å². The number of carbonyl (C=O) groups excluding carboxylic acids is 3. The number of rotatable bonds is 33. The molecule has 1 fully saturated rings. The quantitative estimate of drug-likeness (QED) is 0.0230. The van der Waals surface area contributed by atoms with Gasteiger partial charge in [-0.3, -0.25) is 0 Å². The third kappa shape index (κ3) is 17.0. The van der Waals surface area contributed by atoms with E-state index in [0.29, 0.717) is 42.4 Å². The van der Waals surface area contributed by atoms with Gasteiger partial charge in [0.1, 0.15) is 75.2 Å². The van der Waals surface area contributed by atoms with Crippen molar-refractivity contribution < 1.29 is 58.1 Å². The van der Waals surface area contributed by atoms with Crippen LogP contribution in [0.15, 0.2) is 99.2 Å². The average molecular weight is 953 g/mol. The lowest BCUT2D eigenvalue weighted by atomic mass is 9.66. The number of carbonyl (C=O) groups is 3. The highest BCUT2D eigenvalue weighted by Gasteiger charge is 2.41. The van der Waals surface area contributed by atoms with E-state index in [1.165, 1.54) is 12.8 Å². The minimum atomic E-state index is -1.15. The standard InChI is InChI=1S/C57H76O12/c1-10-23-56(24-11-2,48-29-40(8)17-21-51(48)65-34-46(59)36-67-53(62)14-5)32-44-28-41(9)30-49(55(44)69-38-47(60)37-68-54(63)15-6)57(25-12-3,26-22-42-18-19-42)31-43-27-39(7)16-20-50(43)64-33-45(58)35-66-52(61)13-4/h10,13-17,20-21,27-30,42,45-47,58-60H,1,4-6,11-12,18-19,22-26,31-38H2,2-3,7-9H3. The van der Waals surface area contributed by atoms with Crippen molar-refractivity contribution in [3.8, 4) is 17.2 Å². The second-order valence-corrected chi connectivity index (χ2v) is 18.7. The summed E-state index contributed by atoms with van der Waals surface area (Å²) in [6.07, 6.45) is 10.7. The molecule has 0 aromatic heterocycles. The molecular formula is C57H76O12. The third-order valence-corrected chi connectivity index (χ3v) is 12.6. The SMILES string of the molecule is C=CCC(CCC)(Cc1cc(C)cc(C(CCC)(CCC2CC2)Cc2cc(C)ccc2OCC(O)COC(=O)C=C)c1OCC(O)COC(=O)C=C)c1cc(C)ccc1OCC(O)COC(=O)C=C. The summed E-state index contributed by atoms with van der Waals surface area (Å²) in [6, 6.07) is 16.4. The highest BCUT2D eigenvalue weighted by atomic mass is 16.6. The molecule has 3 aromatic carbocycles. The second-order valence-electron chi connectivity index (χ2n) is 18.7. The molecule has 3 aromatic rings. The average Bonchev–Trinajstić information content (AvgIpc) is 4.17. The molecule has 0 saturated heterocycles. The Labute approximate surface area is 410 Å². The number of allylic oxidation sites excluding steroid dienone is 1. The fourth-order valence-electron chi connectivity index (χ4n) is 9.24. The van der Waals surface area contributed by atoms with Crippen molar-refractivity contribution in [1.82, 2.24) is 0 Å². The van der Waals surface area contributed by atoms with E-state index in [2.05, 4.69) is 71.4 Å². The first-order valence-electron chi connectivity index (χ1n) is 24.3. The van der Waals surface area contributed by atoms with Crippen LogP contribution < -0.4 is 14.2 Å². The van der Waals surface area contributed by atoms with Gasteiger partial charge in [-0.15, -0.1) is 6.58 Å². The van der Waals surface area contributed by atoms with Crippen molar-refractivity contribution in [1.29, 1.82) is 0 Å². The Hall–Kier alpha value is -5.69. The van der Waals surface area contributed by atoms with Gasteiger partial charge in [0.25, 0.3) is 0 Å². The van der Waals surface area contributed by atoms with Crippen LogP contribution >= 0.6 is 0 Å². The first kappa shape index (κ1) is 55.9. The van der Waals surface area contributed by atoms with Crippen LogP contribution in [0, 0.1) is 26.7 Å². The van der Waals surface area contributed by atoms with Crippen LogP contribution in [0.5, 0.6) is 17.2 Å². The van der Waals surface area contributed by atoms with Gasteiger partial charge in [0.05, 0.1) is 0 Å². The summed E-state index contributed by atoms with van der Waals surface area (Å²) in [7, 11) is 0. The van der Waals surface area contributed by atoms with Gasteiger partial charge < -0.3 is 43.7 Å². The maximum absolute atomic E-state index is 12.1. The van der Waals surface area contributed by atoms with Crippen molar-refractivity contribution in [2.75, 3.05) is 39.6 Å². The molecule has 3 N–H and O–H groups in total. The van der Waals surface area contributed by atoms with E-state index in [1.54, 1.807) is 0 Å². The van der Waals surface area contributed by atoms with Gasteiger partial charge in [-0.1, -0.05) is 118 Å². The van der Waals surface area contributed by atoms with Crippen molar-refractivity contribution >= 4 is 17.9 Å². The summed E-state index contributed by atoms with van der Waals surface area (Å²) in [5.74, 6) is 0.533. The van der Waals surface area contributed by atoms with E-state index in [-0.39, 0.29) is 39.6 Å². The Balaban J connectivity index is 1.94. The number of hydrogen-bond donors (Lipinski definition) is 3. The van der Waals surface area contributed by atoms with Crippen molar-refractivity contribution in [3.05, 3.63) is 138 Å². The molecule has 1 aliphatic rings. The van der Waals surface area contributed by atoms with Gasteiger partial charge in [-0.05, 0) is 94.9 Å². The lowest BCUT2D eigenvalue weighted by Gasteiger charge is -2.40. The van der Waals surface area contributed by atoms with Crippen LogP contribution in [0.4, 0.5) is 0 Å². The van der Waals surface area contributed by atoms with Crippen LogP contribution in [0.2, 0.25) is 0 Å². The smallest absolute Gasteiger partial charge is 0.330 e. The van der Waals surface area contributed by atoms with Gasteiger partial charge in [-0.2, -0.15) is 0 Å². The number of aliphatic hydroxyl groups is 3. The summed E-state index contributed by atoms with van der Waals surface area (Å²) in [4.78, 5) is 35.6. The molecule has 0 radical (unpaired) electrons. The van der Waals surface area contributed by atoms with E-state index >= 15 is 0 Å². The fourth-order valence-corrected chi connectivity index (χ4v) is 9.24. The molecule has 12 nitrogen and oxygen atoms in total. The summed E-state index contributed by atoms with van der Waals surface area (Å²) >= 11 is 0. The molecule has 12 heteroatoms. The summed E-state index contributed by atoms with van der Waals surface area (Å²) in [5, 5.41) is 32.9. The predicted molar refractivity (Wildman–Crippen MR) is 269 cm³/mol. The van der Waals surface area contributed by atoms with E-state index in [9.17, 15) is 29.7 Å². The topological polar surface area (TPSA) is 167 Å². The van der Waals surface area contributed by atoms with E-state index in [1.807, 2.05) is 44.2 Å². The summed E-state index contributed by atoms with van der Waals surface area (Å²) in [5.41, 5.74) is 5.79. The van der Waals surface area contributed by atoms with E-state index in [4.69, 9.17) is 28.4 Å². The summed E-state index contributed by atoms with van der Waals surface area (Å²) in [6.45, 7) is 23.9. The minimum absolute atomic E-state index is 0.101. The molecule has 69 heavy (non-hydrogen) atoms. The highest BCUT2D eigenvalue weighted by molar-refractivity contribution is 5.81. The molecule has 376 valence electrons. The molecule has 0 amide bonds. The zero-order chi connectivity index (χ0) is 50.6. The zero-order valence-electron chi connectivity index (χ0n) is 41.6. The normalized spacial score (nSPS) is 15.2. The number of hydrogen-bond acceptors (Lipinski definition) is 12. The van der Waals surface area contributed by atoms with Crippen LogP contribution in [-0.2, 0) is 52.3 Å². The number of esters is 3. The van der Waals surface area contributed by atoms with Crippen LogP contribution in [0.1, 0.15) is 111 Å². The van der Waals surface area contributed by atoms with Crippen LogP contribution in [0.25, 0.3) is 0 Å². The van der Waals surface area contributed by atoms with Gasteiger partial charge in [-0.25, -0.2) is 14.4 Å². The number of aryl methyl sites for hydroxylation is 3. The lowest BCUT2D eigenvalue weighted by molar-refractivity contribution is -0.142. The first-order valence-corrected chi connectivity index (χ1v) is 24.3. The Morgan fingerprint density at radius 2 is 1.06 bits per heavy atom. The minimum Gasteiger partial charge on any atom is -0.490 e. The summed E-state index contributed by atoms with van der Waals surface area (Å²) < 4.78 is 35.1. The van der Waals surface area contributed by atoms with Crippen molar-refractivity contribution in [2.24, 2.45) is 5.92 Å². The fraction of sp³-hybridized carbons (Fsp3) is 0.491. The largest absolute Gasteiger partial charge is 0.490 e. The molecule has 0 spiro atoms. The molecule has 4 rings (SSSR count). The first-order chi connectivity index (χ1) is 33.0. The number of benzene rings is 3. The lowest BCUT2D eigenvalue weighted by Crippen LogP contribution is -2.34. The van der Waals surface area contributed by atoms with Crippen LogP contribution in [0.3, 0.4) is 0 Å². The molecule has 1 aliphatic carbocycles. The maximum Gasteiger partial charge on any atom is 0.330 e. The van der Waals surface area contributed by atoms with Crippen molar-refractivity contribution in [2.45, 2.75) is 134 Å². The van der Waals surface area contributed by atoms with Crippen molar-refractivity contribution in [3.63, 3.8) is 0 Å². The molecule has 1 saturated carbocycles. The van der Waals surface area contributed by atoms with E-state index in [0.717, 1.165) is 95.7 Å². The zero-order valence-corrected chi connectivity index (χ0v) is 41.6. The molecular weight excluding hydrogens is 877 g/mol. The Bertz CT molecular complexity index is 2210. The monoisotopic (exact) mass is 953 g/mol. The van der Waals surface area contributed by atoms with Gasteiger partial charge in [0, 0.05) is 40.2 Å². The Morgan fingerprint density at radius 3 is 1.58 bits per heavy atom. The Kier molecular flexibility index (Phi) is 22.3. The van der Waals surface area contributed by atoms with E-state index < -0.39 is 47.0 Å². The maximum atomic E-state index is 12.1. The molecule has 5 atom stereocenters. The van der Waals surface area contributed by atoms with Gasteiger partial charge in [0.2, 0.25) is 0 Å². The molecule has 0 aliphatic heterocycles. The molecule has 0 bridgehead atoms. The van der Waals surface area contributed by atoms with Gasteiger partial charge >= 0.3 is 17.9 Å². The second kappa shape index (κ2) is 27.5. The Morgan fingerprint density at radius 1 is 0.594 bits per heavy atom.